The van der Waals surface area contributed by atoms with E-state index in [0.717, 1.165) is 6.54 Å². The Kier molecular flexibility index (Phi) is 1.32. The zero-order valence-electron chi connectivity index (χ0n) is 4.39. The predicted octanol–water partition coefficient (Wildman–Crippen LogP) is 0.502. The second kappa shape index (κ2) is 1.98. The Morgan fingerprint density at radius 3 is 3.00 bits per heavy atom. The first-order chi connectivity index (χ1) is 3.43. The van der Waals surface area contributed by atoms with Crippen LogP contribution in [0.3, 0.4) is 0 Å². The topological polar surface area (TPSA) is 15.3 Å². The average Bonchev–Trinajstić information content (AvgIpc) is 2.14. The average molecular weight is 97.1 g/mol. The summed E-state index contributed by atoms with van der Waals surface area (Å²) in [5.41, 5.74) is 3.07. The van der Waals surface area contributed by atoms with Gasteiger partial charge in [-0.1, -0.05) is 6.08 Å². The zero-order valence-corrected chi connectivity index (χ0v) is 4.39. The zero-order chi connectivity index (χ0) is 5.11. The monoisotopic (exact) mass is 97.1 g/mol. The van der Waals surface area contributed by atoms with Crippen LogP contribution in [0.25, 0.3) is 0 Å². The SMILES string of the molecule is C[CH]N1C=CCN1. The first kappa shape index (κ1) is 4.65. The van der Waals surface area contributed by atoms with Crippen molar-refractivity contribution in [1.29, 1.82) is 0 Å². The van der Waals surface area contributed by atoms with E-state index in [4.69, 9.17) is 0 Å². The molecule has 2 nitrogen and oxygen atoms in total. The fourth-order valence-electron chi connectivity index (χ4n) is 0.554. The summed E-state index contributed by atoms with van der Waals surface area (Å²) >= 11 is 0. The standard InChI is InChI=1S/C5H9N2/c1-2-7-5-3-4-6-7/h2-3,5-6H,4H2,1H3. The lowest BCUT2D eigenvalue weighted by atomic mass is 10.6. The lowest BCUT2D eigenvalue weighted by Gasteiger charge is -2.10. The summed E-state index contributed by atoms with van der Waals surface area (Å²) in [6.07, 6.45) is 4.07. The van der Waals surface area contributed by atoms with Gasteiger partial charge in [0.2, 0.25) is 0 Å². The Morgan fingerprint density at radius 2 is 2.71 bits per heavy atom. The van der Waals surface area contributed by atoms with Crippen LogP contribution in [0.5, 0.6) is 0 Å². The Labute approximate surface area is 43.8 Å². The molecular weight excluding hydrogens is 88.1 g/mol. The van der Waals surface area contributed by atoms with Gasteiger partial charge in [-0.3, -0.25) is 0 Å². The van der Waals surface area contributed by atoms with Gasteiger partial charge in [0.05, 0.1) is 6.54 Å². The number of hydrogen-bond acceptors (Lipinski definition) is 2. The van der Waals surface area contributed by atoms with Crippen LogP contribution < -0.4 is 5.43 Å². The molecule has 0 aromatic heterocycles. The predicted molar refractivity (Wildman–Crippen MR) is 29.0 cm³/mol. The van der Waals surface area contributed by atoms with Crippen LogP contribution in [0, 0.1) is 6.54 Å². The van der Waals surface area contributed by atoms with E-state index in [0.29, 0.717) is 0 Å². The molecule has 39 valence electrons. The fourth-order valence-corrected chi connectivity index (χ4v) is 0.554. The lowest BCUT2D eigenvalue weighted by Crippen LogP contribution is -2.24. The van der Waals surface area contributed by atoms with Crippen molar-refractivity contribution in [1.82, 2.24) is 10.4 Å². The minimum atomic E-state index is 0.963. The van der Waals surface area contributed by atoms with Gasteiger partial charge in [0.25, 0.3) is 0 Å². The van der Waals surface area contributed by atoms with Gasteiger partial charge in [0.1, 0.15) is 0 Å². The van der Waals surface area contributed by atoms with Crippen molar-refractivity contribution >= 4 is 0 Å². The minimum Gasteiger partial charge on any atom is -0.311 e. The second-order valence-electron chi connectivity index (χ2n) is 1.41. The van der Waals surface area contributed by atoms with Crippen molar-refractivity contribution in [2.75, 3.05) is 6.54 Å². The number of hydrogen-bond donors (Lipinski definition) is 1. The molecule has 0 fully saturated rings. The first-order valence-corrected chi connectivity index (χ1v) is 2.41. The van der Waals surface area contributed by atoms with E-state index < -0.39 is 0 Å². The highest BCUT2D eigenvalue weighted by Gasteiger charge is 1.96. The summed E-state index contributed by atoms with van der Waals surface area (Å²) in [4.78, 5) is 0. The molecule has 0 aromatic rings. The molecular formula is C5H9N2. The Balaban J connectivity index is 2.28. The largest absolute Gasteiger partial charge is 0.311 e. The lowest BCUT2D eigenvalue weighted by molar-refractivity contribution is 0.376. The minimum absolute atomic E-state index is 0.963. The first-order valence-electron chi connectivity index (χ1n) is 2.41. The Bertz CT molecular complexity index is 78.1. The normalized spacial score (nSPS) is 18.7. The summed E-state index contributed by atoms with van der Waals surface area (Å²) in [7, 11) is 0. The molecule has 1 aliphatic rings. The highest BCUT2D eigenvalue weighted by molar-refractivity contribution is 4.90. The Hall–Kier alpha value is -0.500. The molecule has 7 heavy (non-hydrogen) atoms. The summed E-state index contributed by atoms with van der Waals surface area (Å²) in [6, 6.07) is 0. The highest BCUT2D eigenvalue weighted by Crippen LogP contribution is 1.92. The molecule has 0 aliphatic carbocycles. The van der Waals surface area contributed by atoms with Crippen LogP contribution in [0.4, 0.5) is 0 Å². The molecule has 1 heterocycles. The fraction of sp³-hybridized carbons (Fsp3) is 0.400. The highest BCUT2D eigenvalue weighted by atomic mass is 15.5. The van der Waals surface area contributed by atoms with Crippen molar-refractivity contribution in [3.63, 3.8) is 0 Å². The van der Waals surface area contributed by atoms with Gasteiger partial charge >= 0.3 is 0 Å². The van der Waals surface area contributed by atoms with E-state index in [2.05, 4.69) is 11.5 Å². The van der Waals surface area contributed by atoms with E-state index in [1.807, 2.05) is 24.7 Å². The number of nitrogens with one attached hydrogen (secondary N) is 1. The van der Waals surface area contributed by atoms with Crippen LogP contribution in [-0.4, -0.2) is 11.6 Å². The molecule has 1 aliphatic heterocycles. The van der Waals surface area contributed by atoms with Crippen molar-refractivity contribution in [3.05, 3.63) is 18.8 Å². The van der Waals surface area contributed by atoms with Crippen molar-refractivity contribution < 1.29 is 0 Å². The summed E-state index contributed by atoms with van der Waals surface area (Å²) < 4.78 is 0. The van der Waals surface area contributed by atoms with Gasteiger partial charge in [-0.25, -0.2) is 5.43 Å². The van der Waals surface area contributed by atoms with Crippen molar-refractivity contribution in [2.24, 2.45) is 0 Å². The van der Waals surface area contributed by atoms with E-state index in [9.17, 15) is 0 Å². The van der Waals surface area contributed by atoms with E-state index in [1.165, 1.54) is 0 Å². The molecule has 0 atom stereocenters. The van der Waals surface area contributed by atoms with Crippen LogP contribution in [0.1, 0.15) is 6.92 Å². The Morgan fingerprint density at radius 1 is 1.86 bits per heavy atom. The molecule has 0 saturated heterocycles. The molecule has 1 rings (SSSR count). The number of nitrogens with zero attached hydrogens (tertiary/aromatic N) is 1. The second-order valence-corrected chi connectivity index (χ2v) is 1.41. The molecule has 1 radical (unpaired) electrons. The molecule has 1 N–H and O–H groups in total. The van der Waals surface area contributed by atoms with Crippen LogP contribution in [-0.2, 0) is 0 Å². The van der Waals surface area contributed by atoms with E-state index >= 15 is 0 Å². The molecule has 0 unspecified atom stereocenters. The van der Waals surface area contributed by atoms with Gasteiger partial charge in [0, 0.05) is 12.7 Å². The van der Waals surface area contributed by atoms with Gasteiger partial charge < -0.3 is 5.01 Å². The molecule has 0 spiro atoms. The summed E-state index contributed by atoms with van der Waals surface area (Å²) in [5, 5.41) is 1.93. The number of hydrazine groups is 1. The molecule has 0 saturated carbocycles. The van der Waals surface area contributed by atoms with E-state index in [1.54, 1.807) is 0 Å². The maximum absolute atomic E-state index is 3.07. The van der Waals surface area contributed by atoms with Crippen LogP contribution >= 0.6 is 0 Å². The maximum atomic E-state index is 3.07. The molecule has 0 amide bonds. The van der Waals surface area contributed by atoms with E-state index in [-0.39, 0.29) is 0 Å². The van der Waals surface area contributed by atoms with Crippen LogP contribution in [0.2, 0.25) is 0 Å². The maximum Gasteiger partial charge on any atom is 0.0636 e. The molecule has 2 heteroatoms. The molecule has 0 aromatic carbocycles. The quantitative estimate of drug-likeness (QED) is 0.512. The summed E-state index contributed by atoms with van der Waals surface area (Å²) in [5.74, 6) is 0. The third-order valence-corrected chi connectivity index (χ3v) is 0.936. The van der Waals surface area contributed by atoms with Gasteiger partial charge in [-0.05, 0) is 6.92 Å². The van der Waals surface area contributed by atoms with Crippen molar-refractivity contribution in [2.45, 2.75) is 6.92 Å². The van der Waals surface area contributed by atoms with Gasteiger partial charge in [0.15, 0.2) is 0 Å². The smallest absolute Gasteiger partial charge is 0.0636 e. The molecule has 0 bridgehead atoms. The third-order valence-electron chi connectivity index (χ3n) is 0.936. The van der Waals surface area contributed by atoms with Crippen LogP contribution in [0.15, 0.2) is 12.3 Å². The van der Waals surface area contributed by atoms with Gasteiger partial charge in [-0.2, -0.15) is 0 Å². The summed E-state index contributed by atoms with van der Waals surface area (Å²) in [6.45, 7) is 4.93. The van der Waals surface area contributed by atoms with Crippen molar-refractivity contribution in [3.8, 4) is 0 Å². The third kappa shape index (κ3) is 0.933. The number of rotatable bonds is 1. The van der Waals surface area contributed by atoms with Gasteiger partial charge in [-0.15, -0.1) is 0 Å².